The summed E-state index contributed by atoms with van der Waals surface area (Å²) < 4.78 is 0. The van der Waals surface area contributed by atoms with Crippen molar-refractivity contribution in [2.45, 2.75) is 51.5 Å². The number of benzene rings is 1. The first kappa shape index (κ1) is 21.0. The number of aryl methyl sites for hydroxylation is 1. The fourth-order valence-corrected chi connectivity index (χ4v) is 3.88. The molecule has 1 aromatic rings. The van der Waals surface area contributed by atoms with E-state index in [1.165, 1.54) is 17.5 Å². The molecule has 2 aliphatic rings. The number of hydrogen-bond donors (Lipinski definition) is 2. The molecule has 2 atom stereocenters. The monoisotopic (exact) mass is 470 g/mol. The smallest absolute Gasteiger partial charge is 0.222 e. The van der Waals surface area contributed by atoms with E-state index in [1.54, 1.807) is 0 Å². The largest absolute Gasteiger partial charge is 0.357 e. The highest BCUT2D eigenvalue weighted by atomic mass is 127. The van der Waals surface area contributed by atoms with Gasteiger partial charge in [-0.3, -0.25) is 9.79 Å². The predicted octanol–water partition coefficient (Wildman–Crippen LogP) is 2.90. The number of halogens is 1. The molecule has 2 unspecified atom stereocenters. The van der Waals surface area contributed by atoms with Crippen LogP contribution in [0.25, 0.3) is 0 Å². The molecule has 1 heterocycles. The SMILES string of the molecule is CCNC(=NCC1CCc2ccccc21)NC1CCN(C(=O)CC)C1.I. The summed E-state index contributed by atoms with van der Waals surface area (Å²) >= 11 is 0. The van der Waals surface area contributed by atoms with Gasteiger partial charge in [-0.2, -0.15) is 0 Å². The molecule has 26 heavy (non-hydrogen) atoms. The summed E-state index contributed by atoms with van der Waals surface area (Å²) in [7, 11) is 0. The molecule has 1 aliphatic heterocycles. The number of rotatable bonds is 5. The zero-order valence-corrected chi connectivity index (χ0v) is 18.2. The highest BCUT2D eigenvalue weighted by Gasteiger charge is 2.26. The third-order valence-corrected chi connectivity index (χ3v) is 5.26. The normalized spacial score (nSPS) is 21.9. The molecule has 5 nitrogen and oxygen atoms in total. The summed E-state index contributed by atoms with van der Waals surface area (Å²) in [5, 5.41) is 6.87. The average molecular weight is 470 g/mol. The Morgan fingerprint density at radius 1 is 1.27 bits per heavy atom. The van der Waals surface area contributed by atoms with Crippen LogP contribution >= 0.6 is 24.0 Å². The van der Waals surface area contributed by atoms with Gasteiger partial charge in [0.25, 0.3) is 0 Å². The van der Waals surface area contributed by atoms with Crippen LogP contribution in [0.15, 0.2) is 29.3 Å². The first-order valence-electron chi connectivity index (χ1n) is 9.61. The van der Waals surface area contributed by atoms with Crippen LogP contribution in [0, 0.1) is 0 Å². The van der Waals surface area contributed by atoms with E-state index >= 15 is 0 Å². The number of likely N-dealkylation sites (tertiary alicyclic amines) is 1. The van der Waals surface area contributed by atoms with Crippen molar-refractivity contribution in [3.05, 3.63) is 35.4 Å². The van der Waals surface area contributed by atoms with Crippen LogP contribution in [-0.2, 0) is 11.2 Å². The van der Waals surface area contributed by atoms with Gasteiger partial charge in [0, 0.05) is 44.6 Å². The van der Waals surface area contributed by atoms with Gasteiger partial charge in [-0.05, 0) is 37.3 Å². The van der Waals surface area contributed by atoms with Crippen LogP contribution in [-0.4, -0.2) is 49.0 Å². The molecule has 1 aromatic carbocycles. The number of carbonyl (C=O) groups is 1. The van der Waals surface area contributed by atoms with Crippen LogP contribution in [0.3, 0.4) is 0 Å². The van der Waals surface area contributed by atoms with Gasteiger partial charge in [-0.25, -0.2) is 0 Å². The first-order valence-corrected chi connectivity index (χ1v) is 9.61. The quantitative estimate of drug-likeness (QED) is 0.396. The molecule has 0 radical (unpaired) electrons. The Labute approximate surface area is 174 Å². The summed E-state index contributed by atoms with van der Waals surface area (Å²) in [6, 6.07) is 9.03. The van der Waals surface area contributed by atoms with E-state index < -0.39 is 0 Å². The molecular weight excluding hydrogens is 439 g/mol. The van der Waals surface area contributed by atoms with E-state index in [0.29, 0.717) is 18.4 Å². The highest BCUT2D eigenvalue weighted by molar-refractivity contribution is 14.0. The lowest BCUT2D eigenvalue weighted by molar-refractivity contribution is -0.129. The minimum Gasteiger partial charge on any atom is -0.357 e. The fraction of sp³-hybridized carbons (Fsp3) is 0.600. The van der Waals surface area contributed by atoms with Gasteiger partial charge >= 0.3 is 0 Å². The van der Waals surface area contributed by atoms with Crippen molar-refractivity contribution < 1.29 is 4.79 Å². The molecule has 0 aromatic heterocycles. The number of nitrogens with one attached hydrogen (secondary N) is 2. The van der Waals surface area contributed by atoms with Gasteiger partial charge < -0.3 is 15.5 Å². The lowest BCUT2D eigenvalue weighted by Crippen LogP contribution is -2.45. The second-order valence-corrected chi connectivity index (χ2v) is 6.98. The molecule has 1 fully saturated rings. The van der Waals surface area contributed by atoms with Crippen molar-refractivity contribution in [2.24, 2.45) is 4.99 Å². The lowest BCUT2D eigenvalue weighted by atomic mass is 10.0. The van der Waals surface area contributed by atoms with Crippen molar-refractivity contribution in [3.8, 4) is 0 Å². The van der Waals surface area contributed by atoms with Crippen LogP contribution in [0.4, 0.5) is 0 Å². The second kappa shape index (κ2) is 10.1. The molecule has 2 N–H and O–H groups in total. The number of nitrogens with zero attached hydrogens (tertiary/aromatic N) is 2. The van der Waals surface area contributed by atoms with Crippen LogP contribution in [0.5, 0.6) is 0 Å². The summed E-state index contributed by atoms with van der Waals surface area (Å²) in [5.41, 5.74) is 2.94. The number of carbonyl (C=O) groups excluding carboxylic acids is 1. The Balaban J connectivity index is 0.00000243. The van der Waals surface area contributed by atoms with Gasteiger partial charge in [0.05, 0.1) is 0 Å². The van der Waals surface area contributed by atoms with E-state index in [-0.39, 0.29) is 29.9 Å². The molecule has 3 rings (SSSR count). The second-order valence-electron chi connectivity index (χ2n) is 6.98. The summed E-state index contributed by atoms with van der Waals surface area (Å²) in [6.07, 6.45) is 3.92. The molecular formula is C20H31IN4O. The van der Waals surface area contributed by atoms with E-state index in [1.807, 2.05) is 11.8 Å². The predicted molar refractivity (Wildman–Crippen MR) is 117 cm³/mol. The Morgan fingerprint density at radius 2 is 2.08 bits per heavy atom. The Hall–Kier alpha value is -1.31. The third kappa shape index (κ3) is 5.11. The summed E-state index contributed by atoms with van der Waals surface area (Å²) in [4.78, 5) is 18.6. The number of guanidine groups is 1. The Morgan fingerprint density at radius 3 is 2.85 bits per heavy atom. The average Bonchev–Trinajstić information content (AvgIpc) is 3.26. The topological polar surface area (TPSA) is 56.7 Å². The molecule has 0 saturated carbocycles. The van der Waals surface area contributed by atoms with Gasteiger partial charge in [-0.1, -0.05) is 31.2 Å². The minimum atomic E-state index is 0. The van der Waals surface area contributed by atoms with Crippen molar-refractivity contribution in [2.75, 3.05) is 26.2 Å². The van der Waals surface area contributed by atoms with E-state index in [0.717, 1.165) is 45.0 Å². The lowest BCUT2D eigenvalue weighted by Gasteiger charge is -2.19. The van der Waals surface area contributed by atoms with E-state index in [2.05, 4.69) is 41.8 Å². The van der Waals surface area contributed by atoms with Crippen molar-refractivity contribution >= 4 is 35.8 Å². The van der Waals surface area contributed by atoms with E-state index in [4.69, 9.17) is 4.99 Å². The highest BCUT2D eigenvalue weighted by Crippen LogP contribution is 2.32. The molecule has 1 aliphatic carbocycles. The van der Waals surface area contributed by atoms with Gasteiger partial charge in [0.1, 0.15) is 0 Å². The molecule has 1 amide bonds. The maximum Gasteiger partial charge on any atom is 0.222 e. The molecule has 1 saturated heterocycles. The molecule has 6 heteroatoms. The summed E-state index contributed by atoms with van der Waals surface area (Å²) in [5.74, 6) is 1.64. The van der Waals surface area contributed by atoms with E-state index in [9.17, 15) is 4.79 Å². The molecule has 0 spiro atoms. The van der Waals surface area contributed by atoms with Gasteiger partial charge in [0.15, 0.2) is 5.96 Å². The zero-order chi connectivity index (χ0) is 17.6. The first-order chi connectivity index (χ1) is 12.2. The van der Waals surface area contributed by atoms with Crippen LogP contribution in [0.2, 0.25) is 0 Å². The number of aliphatic imine (C=N–C) groups is 1. The zero-order valence-electron chi connectivity index (χ0n) is 15.8. The van der Waals surface area contributed by atoms with Gasteiger partial charge in [-0.15, -0.1) is 24.0 Å². The van der Waals surface area contributed by atoms with Gasteiger partial charge in [0.2, 0.25) is 5.91 Å². The van der Waals surface area contributed by atoms with Crippen molar-refractivity contribution in [3.63, 3.8) is 0 Å². The number of amides is 1. The fourth-order valence-electron chi connectivity index (χ4n) is 3.88. The maximum absolute atomic E-state index is 11.8. The Kier molecular flexibility index (Phi) is 8.18. The van der Waals surface area contributed by atoms with Crippen molar-refractivity contribution in [1.29, 1.82) is 0 Å². The minimum absolute atomic E-state index is 0. The Bertz CT molecular complexity index is 634. The van der Waals surface area contributed by atoms with Crippen LogP contribution in [0.1, 0.15) is 50.2 Å². The third-order valence-electron chi connectivity index (χ3n) is 5.26. The molecule has 144 valence electrons. The van der Waals surface area contributed by atoms with Crippen molar-refractivity contribution in [1.82, 2.24) is 15.5 Å². The maximum atomic E-state index is 11.8. The molecule has 0 bridgehead atoms. The summed E-state index contributed by atoms with van der Waals surface area (Å²) in [6.45, 7) is 7.30. The number of hydrogen-bond acceptors (Lipinski definition) is 2. The number of fused-ring (bicyclic) bond motifs is 1. The standard InChI is InChI=1S/C20H30N4O.HI/c1-3-19(25)24-12-11-17(14-24)23-20(21-4-2)22-13-16-10-9-15-7-5-6-8-18(15)16;/h5-8,16-17H,3-4,9-14H2,1-2H3,(H2,21,22,23);1H. The van der Waals surface area contributed by atoms with Crippen LogP contribution < -0.4 is 10.6 Å².